The lowest BCUT2D eigenvalue weighted by Crippen LogP contribution is -2.29. The largest absolute Gasteiger partial charge is 0.479 e. The van der Waals surface area contributed by atoms with Gasteiger partial charge in [0, 0.05) is 6.61 Å². The smallest absolute Gasteiger partial charge is 0.335 e. The highest BCUT2D eigenvalue weighted by Gasteiger charge is 2.19. The van der Waals surface area contributed by atoms with Crippen molar-refractivity contribution in [2.24, 2.45) is 0 Å². The third-order valence-corrected chi connectivity index (χ3v) is 2.41. The second kappa shape index (κ2) is 7.04. The van der Waals surface area contributed by atoms with Crippen molar-refractivity contribution in [2.75, 3.05) is 13.2 Å². The Bertz CT molecular complexity index is 337. The van der Waals surface area contributed by atoms with Crippen LogP contribution in [0.3, 0.4) is 0 Å². The van der Waals surface area contributed by atoms with E-state index in [1.54, 1.807) is 6.92 Å². The average Bonchev–Trinajstić information content (AvgIpc) is 2.34. The molecular weight excluding hydrogens is 220 g/mol. The van der Waals surface area contributed by atoms with Crippen molar-refractivity contribution in [2.45, 2.75) is 26.1 Å². The number of hydrogen-bond acceptors (Lipinski definition) is 3. The van der Waals surface area contributed by atoms with E-state index in [0.29, 0.717) is 6.61 Å². The summed E-state index contributed by atoms with van der Waals surface area (Å²) in [5, 5.41) is 8.88. The number of ether oxygens (including phenoxy) is 2. The predicted molar refractivity (Wildman–Crippen MR) is 63.9 cm³/mol. The van der Waals surface area contributed by atoms with Gasteiger partial charge in [-0.05, 0) is 19.4 Å². The molecule has 0 bridgehead atoms. The van der Waals surface area contributed by atoms with Gasteiger partial charge in [-0.3, -0.25) is 0 Å². The quantitative estimate of drug-likeness (QED) is 0.791. The van der Waals surface area contributed by atoms with Crippen molar-refractivity contribution < 1.29 is 19.4 Å². The number of carboxylic acid groups (broad SMARTS) is 1. The minimum Gasteiger partial charge on any atom is -0.479 e. The fraction of sp³-hybridized carbons (Fsp3) is 0.462. The van der Waals surface area contributed by atoms with Gasteiger partial charge in [0.15, 0.2) is 6.10 Å². The zero-order valence-corrected chi connectivity index (χ0v) is 10.1. The summed E-state index contributed by atoms with van der Waals surface area (Å²) >= 11 is 0. The third-order valence-electron chi connectivity index (χ3n) is 2.41. The van der Waals surface area contributed by atoms with Gasteiger partial charge in [-0.15, -0.1) is 0 Å². The van der Waals surface area contributed by atoms with Crippen LogP contribution in [0.25, 0.3) is 0 Å². The Balaban J connectivity index is 2.46. The normalized spacial score (nSPS) is 14.2. The first-order valence-corrected chi connectivity index (χ1v) is 5.66. The standard InChI is InChI=1S/C13H18O4/c1-3-16-12(13(14)15)9-17-10(2)11-7-5-4-6-8-11/h4-8,10,12H,3,9H2,1-2H3,(H,14,15). The second-order valence-corrected chi connectivity index (χ2v) is 3.67. The van der Waals surface area contributed by atoms with Crippen molar-refractivity contribution in [3.63, 3.8) is 0 Å². The zero-order valence-electron chi connectivity index (χ0n) is 10.1. The maximum atomic E-state index is 10.8. The lowest BCUT2D eigenvalue weighted by atomic mass is 10.1. The molecular formula is C13H18O4. The highest BCUT2D eigenvalue weighted by atomic mass is 16.6. The molecule has 0 saturated heterocycles. The van der Waals surface area contributed by atoms with E-state index in [0.717, 1.165) is 5.56 Å². The summed E-state index contributed by atoms with van der Waals surface area (Å²) in [6.07, 6.45) is -1.04. The van der Waals surface area contributed by atoms with Gasteiger partial charge in [-0.25, -0.2) is 4.79 Å². The van der Waals surface area contributed by atoms with Gasteiger partial charge in [0.1, 0.15) is 0 Å². The van der Waals surface area contributed by atoms with Crippen LogP contribution >= 0.6 is 0 Å². The minimum atomic E-state index is -0.993. The molecule has 0 aliphatic rings. The summed E-state index contributed by atoms with van der Waals surface area (Å²) in [7, 11) is 0. The van der Waals surface area contributed by atoms with E-state index in [4.69, 9.17) is 14.6 Å². The van der Waals surface area contributed by atoms with E-state index < -0.39 is 12.1 Å². The van der Waals surface area contributed by atoms with Crippen LogP contribution in [-0.4, -0.2) is 30.4 Å². The van der Waals surface area contributed by atoms with Gasteiger partial charge in [-0.1, -0.05) is 30.3 Å². The van der Waals surface area contributed by atoms with Gasteiger partial charge >= 0.3 is 5.97 Å². The first kappa shape index (κ1) is 13.7. The van der Waals surface area contributed by atoms with Crippen LogP contribution in [-0.2, 0) is 14.3 Å². The molecule has 1 aromatic rings. The van der Waals surface area contributed by atoms with Crippen LogP contribution in [0, 0.1) is 0 Å². The highest BCUT2D eigenvalue weighted by molar-refractivity contribution is 5.72. The van der Waals surface area contributed by atoms with E-state index in [9.17, 15) is 4.79 Å². The summed E-state index contributed by atoms with van der Waals surface area (Å²) < 4.78 is 10.6. The number of hydrogen-bond donors (Lipinski definition) is 1. The molecule has 0 radical (unpaired) electrons. The zero-order chi connectivity index (χ0) is 12.7. The lowest BCUT2D eigenvalue weighted by molar-refractivity contribution is -0.155. The Kier molecular flexibility index (Phi) is 5.66. The maximum Gasteiger partial charge on any atom is 0.335 e. The van der Waals surface area contributed by atoms with E-state index in [1.807, 2.05) is 37.3 Å². The molecule has 0 aromatic heterocycles. The molecule has 1 aromatic carbocycles. The summed E-state index contributed by atoms with van der Waals surface area (Å²) in [4.78, 5) is 10.8. The van der Waals surface area contributed by atoms with Crippen molar-refractivity contribution in [1.29, 1.82) is 0 Å². The molecule has 2 unspecified atom stereocenters. The molecule has 0 aliphatic carbocycles. The van der Waals surface area contributed by atoms with E-state index in [2.05, 4.69) is 0 Å². The SMILES string of the molecule is CCOC(COC(C)c1ccccc1)C(=O)O. The molecule has 1 rings (SSSR count). The predicted octanol–water partition coefficient (Wildman–Crippen LogP) is 2.25. The number of carboxylic acids is 1. The molecule has 0 saturated carbocycles. The Hall–Kier alpha value is -1.39. The monoisotopic (exact) mass is 238 g/mol. The van der Waals surface area contributed by atoms with Gasteiger partial charge in [0.2, 0.25) is 0 Å². The van der Waals surface area contributed by atoms with Crippen molar-refractivity contribution in [3.05, 3.63) is 35.9 Å². The van der Waals surface area contributed by atoms with Crippen LogP contribution < -0.4 is 0 Å². The summed E-state index contributed by atoms with van der Waals surface area (Å²) in [5.41, 5.74) is 1.02. The minimum absolute atomic E-state index is 0.0548. The first-order valence-electron chi connectivity index (χ1n) is 5.66. The Labute approximate surface area is 101 Å². The van der Waals surface area contributed by atoms with Gasteiger partial charge in [0.05, 0.1) is 12.7 Å². The lowest BCUT2D eigenvalue weighted by Gasteiger charge is -2.17. The molecule has 0 aliphatic heterocycles. The van der Waals surface area contributed by atoms with Crippen LogP contribution in [0.1, 0.15) is 25.5 Å². The molecule has 0 amide bonds. The Morgan fingerprint density at radius 3 is 2.47 bits per heavy atom. The van der Waals surface area contributed by atoms with Crippen LogP contribution in [0.2, 0.25) is 0 Å². The van der Waals surface area contributed by atoms with Gasteiger partial charge < -0.3 is 14.6 Å². The average molecular weight is 238 g/mol. The fourth-order valence-corrected chi connectivity index (χ4v) is 1.44. The van der Waals surface area contributed by atoms with Crippen LogP contribution in [0.15, 0.2) is 30.3 Å². The topological polar surface area (TPSA) is 55.8 Å². The van der Waals surface area contributed by atoms with Crippen molar-refractivity contribution >= 4 is 5.97 Å². The van der Waals surface area contributed by atoms with Crippen molar-refractivity contribution in [3.8, 4) is 0 Å². The first-order chi connectivity index (χ1) is 8.15. The maximum absolute atomic E-state index is 10.8. The van der Waals surface area contributed by atoms with Crippen LogP contribution in [0.5, 0.6) is 0 Å². The number of benzene rings is 1. The summed E-state index contributed by atoms with van der Waals surface area (Å²) in [6.45, 7) is 4.07. The summed E-state index contributed by atoms with van der Waals surface area (Å²) in [5.74, 6) is -0.993. The number of aliphatic carboxylic acids is 1. The van der Waals surface area contributed by atoms with Crippen LogP contribution in [0.4, 0.5) is 0 Å². The number of carbonyl (C=O) groups is 1. The van der Waals surface area contributed by atoms with Gasteiger partial charge in [-0.2, -0.15) is 0 Å². The fourth-order valence-electron chi connectivity index (χ4n) is 1.44. The Morgan fingerprint density at radius 2 is 1.94 bits per heavy atom. The molecule has 94 valence electrons. The second-order valence-electron chi connectivity index (χ2n) is 3.67. The Morgan fingerprint density at radius 1 is 1.29 bits per heavy atom. The van der Waals surface area contributed by atoms with Crippen molar-refractivity contribution in [1.82, 2.24) is 0 Å². The molecule has 0 heterocycles. The molecule has 17 heavy (non-hydrogen) atoms. The molecule has 0 fully saturated rings. The molecule has 4 nitrogen and oxygen atoms in total. The molecule has 0 spiro atoms. The van der Waals surface area contributed by atoms with E-state index in [1.165, 1.54) is 0 Å². The third kappa shape index (κ3) is 4.54. The number of rotatable bonds is 7. The molecule has 2 atom stereocenters. The summed E-state index contributed by atoms with van der Waals surface area (Å²) in [6, 6.07) is 9.66. The van der Waals surface area contributed by atoms with E-state index in [-0.39, 0.29) is 12.7 Å². The van der Waals surface area contributed by atoms with E-state index >= 15 is 0 Å². The molecule has 4 heteroatoms. The molecule has 1 N–H and O–H groups in total. The highest BCUT2D eigenvalue weighted by Crippen LogP contribution is 2.16. The van der Waals surface area contributed by atoms with Gasteiger partial charge in [0.25, 0.3) is 0 Å².